The van der Waals surface area contributed by atoms with Gasteiger partial charge < -0.3 is 4.42 Å². The lowest BCUT2D eigenvalue weighted by atomic mass is 9.83. The first-order chi connectivity index (χ1) is 26.3. The molecule has 0 bridgehead atoms. The van der Waals surface area contributed by atoms with Crippen molar-refractivity contribution in [1.29, 1.82) is 0 Å². The maximum absolute atomic E-state index is 6.46. The highest BCUT2D eigenvalue weighted by Crippen LogP contribution is 2.47. The van der Waals surface area contributed by atoms with Crippen molar-refractivity contribution in [3.63, 3.8) is 0 Å². The van der Waals surface area contributed by atoms with Crippen molar-refractivity contribution in [3.8, 4) is 44.5 Å². The fourth-order valence-electron chi connectivity index (χ4n) is 8.62. The summed E-state index contributed by atoms with van der Waals surface area (Å²) in [6.07, 6.45) is 0. The first-order valence-corrected chi connectivity index (χ1v) is 18.3. The Balaban J connectivity index is 1.14. The molecule has 0 radical (unpaired) electrons. The quantitative estimate of drug-likeness (QED) is 0.170. The second-order valence-electron chi connectivity index (χ2n) is 14.0. The second-order valence-corrected chi connectivity index (χ2v) is 14.0. The van der Waals surface area contributed by atoms with Crippen LogP contribution in [0.4, 0.5) is 0 Å². The topological polar surface area (TPSA) is 13.1 Å². The molecule has 11 rings (SSSR count). The van der Waals surface area contributed by atoms with Crippen LogP contribution in [0.25, 0.3) is 110 Å². The van der Waals surface area contributed by atoms with E-state index in [2.05, 4.69) is 194 Å². The Bertz CT molecular complexity index is 3170. The van der Waals surface area contributed by atoms with Crippen LogP contribution >= 0.6 is 0 Å². The van der Waals surface area contributed by atoms with Crippen molar-refractivity contribution >= 4 is 65.0 Å². The van der Waals surface area contributed by atoms with Crippen molar-refractivity contribution in [2.24, 2.45) is 0 Å². The van der Waals surface area contributed by atoms with Crippen LogP contribution in [-0.2, 0) is 0 Å². The highest BCUT2D eigenvalue weighted by molar-refractivity contribution is 6.23. The Labute approximate surface area is 307 Å². The predicted molar refractivity (Wildman–Crippen MR) is 225 cm³/mol. The Kier molecular flexibility index (Phi) is 6.62. The van der Waals surface area contributed by atoms with E-state index in [1.165, 1.54) is 87.6 Å². The van der Waals surface area contributed by atoms with Crippen molar-refractivity contribution in [2.75, 3.05) is 0 Å². The molecule has 11 aromatic rings. The molecule has 0 spiro atoms. The molecule has 0 aliphatic rings. The van der Waals surface area contributed by atoms with E-state index in [9.17, 15) is 0 Å². The van der Waals surface area contributed by atoms with Gasteiger partial charge >= 0.3 is 0 Å². The Morgan fingerprint density at radius 3 is 1.43 bits per heavy atom. The zero-order valence-electron chi connectivity index (χ0n) is 28.9. The third-order valence-corrected chi connectivity index (χ3v) is 11.0. The predicted octanol–water partition coefficient (Wildman–Crippen LogP) is 14.9. The summed E-state index contributed by atoms with van der Waals surface area (Å²) in [4.78, 5) is 0. The standard InChI is InChI=1S/C52H32O/c1-2-14-35-30-36(25-24-33(35)12-1)41-17-5-6-18-42(41)52-45-21-9-7-19-43(45)51(44-20-8-10-22-46(44)52)38-27-29-50-48(32-38)47-31-37(26-28-49(47)53-50)40-23-11-15-34-13-3-4-16-39(34)40/h1-32H. The molecule has 1 aromatic heterocycles. The summed E-state index contributed by atoms with van der Waals surface area (Å²) < 4.78 is 6.46. The summed E-state index contributed by atoms with van der Waals surface area (Å²) in [5.41, 5.74) is 11.6. The molecule has 0 amide bonds. The smallest absolute Gasteiger partial charge is 0.135 e. The first-order valence-electron chi connectivity index (χ1n) is 18.3. The van der Waals surface area contributed by atoms with Gasteiger partial charge in [0.1, 0.15) is 11.2 Å². The van der Waals surface area contributed by atoms with E-state index >= 15 is 0 Å². The van der Waals surface area contributed by atoms with E-state index in [4.69, 9.17) is 4.42 Å². The average Bonchev–Trinajstić information content (AvgIpc) is 3.59. The van der Waals surface area contributed by atoms with Crippen LogP contribution in [0.2, 0.25) is 0 Å². The molecule has 0 fully saturated rings. The third kappa shape index (κ3) is 4.71. The summed E-state index contributed by atoms with van der Waals surface area (Å²) in [7, 11) is 0. The number of rotatable bonds is 4. The zero-order valence-corrected chi connectivity index (χ0v) is 28.9. The lowest BCUT2D eigenvalue weighted by Gasteiger charge is -2.20. The first kappa shape index (κ1) is 29.7. The molecule has 0 saturated carbocycles. The Hall–Kier alpha value is -6.96. The van der Waals surface area contributed by atoms with Crippen molar-refractivity contribution < 1.29 is 4.42 Å². The molecule has 0 unspecified atom stereocenters. The molecule has 0 saturated heterocycles. The number of furan rings is 1. The van der Waals surface area contributed by atoms with Crippen LogP contribution in [0.1, 0.15) is 0 Å². The number of fused-ring (bicyclic) bond motifs is 7. The summed E-state index contributed by atoms with van der Waals surface area (Å²) in [6, 6.07) is 70.6. The second kappa shape index (κ2) is 11.8. The SMILES string of the molecule is c1ccc(-c2c3ccccc3c(-c3ccc4oc5ccc(-c6cccc7ccccc67)cc5c4c3)c3ccccc23)c(-c2ccc3ccccc3c2)c1. The Morgan fingerprint density at radius 1 is 0.245 bits per heavy atom. The summed E-state index contributed by atoms with van der Waals surface area (Å²) in [6.45, 7) is 0. The van der Waals surface area contributed by atoms with Gasteiger partial charge in [0.2, 0.25) is 0 Å². The van der Waals surface area contributed by atoms with Crippen LogP contribution in [0.15, 0.2) is 199 Å². The molecule has 53 heavy (non-hydrogen) atoms. The number of hydrogen-bond donors (Lipinski definition) is 0. The van der Waals surface area contributed by atoms with Gasteiger partial charge in [0.15, 0.2) is 0 Å². The fraction of sp³-hybridized carbons (Fsp3) is 0. The number of hydrogen-bond acceptors (Lipinski definition) is 1. The van der Waals surface area contributed by atoms with Crippen molar-refractivity contribution in [3.05, 3.63) is 194 Å². The molecule has 10 aromatic carbocycles. The summed E-state index contributed by atoms with van der Waals surface area (Å²) in [5, 5.41) is 12.2. The van der Waals surface area contributed by atoms with Crippen LogP contribution in [-0.4, -0.2) is 0 Å². The van der Waals surface area contributed by atoms with Gasteiger partial charge in [-0.3, -0.25) is 0 Å². The summed E-state index contributed by atoms with van der Waals surface area (Å²) >= 11 is 0. The summed E-state index contributed by atoms with van der Waals surface area (Å²) in [5.74, 6) is 0. The van der Waals surface area contributed by atoms with E-state index in [1.54, 1.807) is 0 Å². The minimum atomic E-state index is 0.897. The van der Waals surface area contributed by atoms with Gasteiger partial charge in [-0.25, -0.2) is 0 Å². The molecule has 1 heterocycles. The van der Waals surface area contributed by atoms with Crippen molar-refractivity contribution in [2.45, 2.75) is 0 Å². The van der Waals surface area contributed by atoms with Crippen LogP contribution < -0.4 is 0 Å². The lowest BCUT2D eigenvalue weighted by molar-refractivity contribution is 0.669. The maximum Gasteiger partial charge on any atom is 0.135 e. The lowest BCUT2D eigenvalue weighted by Crippen LogP contribution is -1.92. The van der Waals surface area contributed by atoms with Gasteiger partial charge in [0.05, 0.1) is 0 Å². The van der Waals surface area contributed by atoms with Gasteiger partial charge in [-0.05, 0) is 118 Å². The molecule has 1 nitrogen and oxygen atoms in total. The average molecular weight is 673 g/mol. The maximum atomic E-state index is 6.46. The van der Waals surface area contributed by atoms with Crippen LogP contribution in [0, 0.1) is 0 Å². The largest absolute Gasteiger partial charge is 0.456 e. The highest BCUT2D eigenvalue weighted by Gasteiger charge is 2.20. The zero-order chi connectivity index (χ0) is 34.9. The monoisotopic (exact) mass is 672 g/mol. The van der Waals surface area contributed by atoms with Gasteiger partial charge in [-0.2, -0.15) is 0 Å². The molecule has 0 aliphatic carbocycles. The minimum Gasteiger partial charge on any atom is -0.456 e. The van der Waals surface area contributed by atoms with Gasteiger partial charge in [0.25, 0.3) is 0 Å². The molecular formula is C52H32O. The van der Waals surface area contributed by atoms with E-state index in [0.29, 0.717) is 0 Å². The van der Waals surface area contributed by atoms with E-state index in [-0.39, 0.29) is 0 Å². The van der Waals surface area contributed by atoms with E-state index in [1.807, 2.05) is 0 Å². The van der Waals surface area contributed by atoms with Crippen LogP contribution in [0.5, 0.6) is 0 Å². The molecule has 0 atom stereocenters. The Morgan fingerprint density at radius 2 is 0.717 bits per heavy atom. The van der Waals surface area contributed by atoms with E-state index in [0.717, 1.165) is 21.9 Å². The molecular weight excluding hydrogens is 641 g/mol. The normalized spacial score (nSPS) is 11.8. The molecule has 1 heteroatoms. The molecule has 246 valence electrons. The third-order valence-electron chi connectivity index (χ3n) is 11.0. The van der Waals surface area contributed by atoms with Gasteiger partial charge in [-0.1, -0.05) is 164 Å². The fourth-order valence-corrected chi connectivity index (χ4v) is 8.62. The molecule has 0 N–H and O–H groups in total. The molecule has 0 aliphatic heterocycles. The highest BCUT2D eigenvalue weighted by atomic mass is 16.3. The number of benzene rings is 10. The van der Waals surface area contributed by atoms with Crippen LogP contribution in [0.3, 0.4) is 0 Å². The van der Waals surface area contributed by atoms with Gasteiger partial charge in [0, 0.05) is 10.8 Å². The van der Waals surface area contributed by atoms with E-state index < -0.39 is 0 Å². The van der Waals surface area contributed by atoms with Crippen molar-refractivity contribution in [1.82, 2.24) is 0 Å². The van der Waals surface area contributed by atoms with Gasteiger partial charge in [-0.15, -0.1) is 0 Å². The minimum absolute atomic E-state index is 0.897.